The van der Waals surface area contributed by atoms with Crippen molar-refractivity contribution in [2.45, 2.75) is 12.8 Å². The van der Waals surface area contributed by atoms with Gasteiger partial charge in [-0.25, -0.2) is 9.97 Å². The lowest BCUT2D eigenvalue weighted by Crippen LogP contribution is -2.25. The number of carbonyl (C=O) groups excluding carboxylic acids is 1. The molecule has 7 heteroatoms. The second-order valence-electron chi connectivity index (χ2n) is 6.89. The van der Waals surface area contributed by atoms with E-state index in [-0.39, 0.29) is 5.91 Å². The van der Waals surface area contributed by atoms with Crippen LogP contribution in [0.25, 0.3) is 11.0 Å². The predicted octanol–water partition coefficient (Wildman–Crippen LogP) is 3.25. The Morgan fingerprint density at radius 2 is 1.64 bits per heavy atom. The second-order valence-corrected chi connectivity index (χ2v) is 6.89. The Balaban J connectivity index is 1.50. The van der Waals surface area contributed by atoms with Gasteiger partial charge in [-0.15, -0.1) is 0 Å². The normalized spacial score (nSPS) is 15.6. The number of anilines is 2. The largest absolute Gasteiger partial charge is 0.486 e. The highest BCUT2D eigenvalue weighted by Gasteiger charge is 2.24. The summed E-state index contributed by atoms with van der Waals surface area (Å²) in [5.41, 5.74) is 2.48. The molecule has 0 atom stereocenters. The number of hydrogen-bond donors (Lipinski definition) is 1. The molecule has 1 N–H and O–H groups in total. The van der Waals surface area contributed by atoms with Crippen molar-refractivity contribution in [2.24, 2.45) is 0 Å². The lowest BCUT2D eigenvalue weighted by Gasteiger charge is -2.20. The van der Waals surface area contributed by atoms with Gasteiger partial charge in [0.15, 0.2) is 23.0 Å². The first-order valence-corrected chi connectivity index (χ1v) is 9.51. The molecule has 0 saturated carbocycles. The Hall–Kier alpha value is -3.35. The minimum absolute atomic E-state index is 0.281. The van der Waals surface area contributed by atoms with Crippen molar-refractivity contribution in [3.63, 3.8) is 0 Å². The van der Waals surface area contributed by atoms with E-state index in [1.165, 1.54) is 0 Å². The van der Waals surface area contributed by atoms with Gasteiger partial charge < -0.3 is 19.7 Å². The van der Waals surface area contributed by atoms with Crippen molar-refractivity contribution in [2.75, 3.05) is 36.5 Å². The molecule has 2 aliphatic rings. The van der Waals surface area contributed by atoms with E-state index in [4.69, 9.17) is 14.5 Å². The minimum atomic E-state index is -0.281. The van der Waals surface area contributed by atoms with Gasteiger partial charge in [0.1, 0.15) is 13.2 Å². The Labute approximate surface area is 162 Å². The van der Waals surface area contributed by atoms with Crippen LogP contribution in [-0.2, 0) is 0 Å². The van der Waals surface area contributed by atoms with Crippen molar-refractivity contribution in [3.8, 4) is 11.5 Å². The number of nitrogens with one attached hydrogen (secondary N) is 1. The monoisotopic (exact) mass is 376 g/mol. The third-order valence-corrected chi connectivity index (χ3v) is 4.97. The number of fused-ring (bicyclic) bond motifs is 2. The van der Waals surface area contributed by atoms with Crippen molar-refractivity contribution >= 4 is 28.4 Å². The fourth-order valence-corrected chi connectivity index (χ4v) is 3.60. The standard InChI is InChI=1S/C21H20N4O3/c26-21(22-14-7-8-17-18(13-14)28-12-11-27-17)19-20(25-9-3-4-10-25)24-16-6-2-1-5-15(16)23-19/h1-2,5-8,13H,3-4,9-12H2,(H,22,26). The van der Waals surface area contributed by atoms with E-state index in [0.29, 0.717) is 47.4 Å². The minimum Gasteiger partial charge on any atom is -0.486 e. The number of amides is 1. The molecule has 3 aromatic rings. The molecule has 2 aliphatic heterocycles. The van der Waals surface area contributed by atoms with E-state index < -0.39 is 0 Å². The van der Waals surface area contributed by atoms with Gasteiger partial charge in [0.25, 0.3) is 5.91 Å². The van der Waals surface area contributed by atoms with Crippen LogP contribution in [0.2, 0.25) is 0 Å². The summed E-state index contributed by atoms with van der Waals surface area (Å²) in [6, 6.07) is 13.0. The summed E-state index contributed by atoms with van der Waals surface area (Å²) in [6.45, 7) is 2.80. The molecule has 1 aromatic heterocycles. The molecule has 0 aliphatic carbocycles. The Kier molecular flexibility index (Phi) is 4.20. The Bertz CT molecular complexity index is 1050. The maximum atomic E-state index is 13.1. The molecule has 1 amide bonds. The van der Waals surface area contributed by atoms with Gasteiger partial charge in [-0.1, -0.05) is 12.1 Å². The van der Waals surface area contributed by atoms with Crippen LogP contribution in [0.4, 0.5) is 11.5 Å². The van der Waals surface area contributed by atoms with Crippen molar-refractivity contribution in [1.82, 2.24) is 9.97 Å². The average molecular weight is 376 g/mol. The number of carbonyl (C=O) groups is 1. The van der Waals surface area contributed by atoms with E-state index >= 15 is 0 Å². The fourth-order valence-electron chi connectivity index (χ4n) is 3.60. The fraction of sp³-hybridized carbons (Fsp3) is 0.286. The lowest BCUT2D eigenvalue weighted by atomic mass is 10.2. The van der Waals surface area contributed by atoms with Crippen molar-refractivity contribution in [1.29, 1.82) is 0 Å². The molecule has 142 valence electrons. The molecule has 0 spiro atoms. The summed E-state index contributed by atoms with van der Waals surface area (Å²) in [6.07, 6.45) is 2.19. The highest BCUT2D eigenvalue weighted by Crippen LogP contribution is 2.33. The summed E-state index contributed by atoms with van der Waals surface area (Å²) in [4.78, 5) is 24.6. The van der Waals surface area contributed by atoms with Crippen LogP contribution in [0.5, 0.6) is 11.5 Å². The first kappa shape index (κ1) is 16.8. The topological polar surface area (TPSA) is 76.6 Å². The van der Waals surface area contributed by atoms with Crippen LogP contribution in [0, 0.1) is 0 Å². The number of rotatable bonds is 3. The lowest BCUT2D eigenvalue weighted by molar-refractivity contribution is 0.102. The van der Waals surface area contributed by atoms with E-state index in [1.807, 2.05) is 24.3 Å². The zero-order valence-corrected chi connectivity index (χ0v) is 15.4. The molecule has 7 nitrogen and oxygen atoms in total. The summed E-state index contributed by atoms with van der Waals surface area (Å²) in [5.74, 6) is 1.68. The number of nitrogens with zero attached hydrogens (tertiary/aromatic N) is 3. The maximum Gasteiger partial charge on any atom is 0.278 e. The molecular formula is C21H20N4O3. The number of ether oxygens (including phenoxy) is 2. The third-order valence-electron chi connectivity index (χ3n) is 4.97. The number of benzene rings is 2. The van der Waals surface area contributed by atoms with Crippen LogP contribution in [0.3, 0.4) is 0 Å². The van der Waals surface area contributed by atoms with E-state index in [1.54, 1.807) is 18.2 Å². The van der Waals surface area contributed by atoms with E-state index in [0.717, 1.165) is 31.4 Å². The van der Waals surface area contributed by atoms with Gasteiger partial charge in [-0.05, 0) is 37.1 Å². The molecule has 1 fully saturated rings. The molecule has 28 heavy (non-hydrogen) atoms. The molecule has 5 rings (SSSR count). The molecule has 0 unspecified atom stereocenters. The van der Waals surface area contributed by atoms with Crippen LogP contribution in [0.1, 0.15) is 23.3 Å². The number of hydrogen-bond acceptors (Lipinski definition) is 6. The highest BCUT2D eigenvalue weighted by molar-refractivity contribution is 6.07. The summed E-state index contributed by atoms with van der Waals surface area (Å²) >= 11 is 0. The first-order valence-electron chi connectivity index (χ1n) is 9.51. The van der Waals surface area contributed by atoms with Gasteiger partial charge in [-0.3, -0.25) is 4.79 Å². The quantitative estimate of drug-likeness (QED) is 0.756. The molecule has 0 radical (unpaired) electrons. The predicted molar refractivity (Wildman–Crippen MR) is 106 cm³/mol. The zero-order valence-electron chi connectivity index (χ0n) is 15.4. The van der Waals surface area contributed by atoms with E-state index in [2.05, 4.69) is 15.2 Å². The van der Waals surface area contributed by atoms with Crippen LogP contribution in [-0.4, -0.2) is 42.2 Å². The van der Waals surface area contributed by atoms with Crippen LogP contribution >= 0.6 is 0 Å². The van der Waals surface area contributed by atoms with Gasteiger partial charge >= 0.3 is 0 Å². The second kappa shape index (κ2) is 6.99. The Morgan fingerprint density at radius 3 is 2.43 bits per heavy atom. The van der Waals surface area contributed by atoms with Crippen molar-refractivity contribution in [3.05, 3.63) is 48.2 Å². The maximum absolute atomic E-state index is 13.1. The summed E-state index contributed by atoms with van der Waals surface area (Å²) < 4.78 is 11.1. The Morgan fingerprint density at radius 1 is 0.929 bits per heavy atom. The molecule has 1 saturated heterocycles. The summed E-state index contributed by atoms with van der Waals surface area (Å²) in [5, 5.41) is 2.93. The highest BCUT2D eigenvalue weighted by atomic mass is 16.6. The van der Waals surface area contributed by atoms with Crippen molar-refractivity contribution < 1.29 is 14.3 Å². The van der Waals surface area contributed by atoms with Crippen LogP contribution in [0.15, 0.2) is 42.5 Å². The first-order chi connectivity index (χ1) is 13.8. The number of para-hydroxylation sites is 2. The van der Waals surface area contributed by atoms with Gasteiger partial charge in [-0.2, -0.15) is 0 Å². The molecule has 3 heterocycles. The molecular weight excluding hydrogens is 356 g/mol. The SMILES string of the molecule is O=C(Nc1ccc2c(c1)OCCO2)c1nc2ccccc2nc1N1CCCC1. The average Bonchev–Trinajstić information content (AvgIpc) is 3.27. The smallest absolute Gasteiger partial charge is 0.278 e. The van der Waals surface area contributed by atoms with Gasteiger partial charge in [0.2, 0.25) is 0 Å². The third kappa shape index (κ3) is 3.09. The van der Waals surface area contributed by atoms with Gasteiger partial charge in [0, 0.05) is 24.8 Å². The summed E-state index contributed by atoms with van der Waals surface area (Å²) in [7, 11) is 0. The molecule has 0 bridgehead atoms. The number of aromatic nitrogens is 2. The zero-order chi connectivity index (χ0) is 18.9. The molecule has 2 aromatic carbocycles. The van der Waals surface area contributed by atoms with Gasteiger partial charge in [0.05, 0.1) is 11.0 Å². The van der Waals surface area contributed by atoms with E-state index in [9.17, 15) is 4.79 Å². The van der Waals surface area contributed by atoms with Crippen LogP contribution < -0.4 is 19.7 Å².